The molecule has 6 heteroatoms. The Labute approximate surface area is 160 Å². The molecule has 0 atom stereocenters. The molecule has 1 amide bonds. The number of carbonyl (C=O) groups excluding carboxylic acids is 2. The minimum atomic E-state index is -0.435. The van der Waals surface area contributed by atoms with E-state index in [2.05, 4.69) is 31.1 Å². The maximum absolute atomic E-state index is 12.9. The number of aromatic nitrogens is 1. The van der Waals surface area contributed by atoms with Crippen molar-refractivity contribution < 1.29 is 19.1 Å². The van der Waals surface area contributed by atoms with Crippen LogP contribution in [0, 0.1) is 13.8 Å². The van der Waals surface area contributed by atoms with E-state index in [1.54, 1.807) is 27.9 Å². The van der Waals surface area contributed by atoms with Gasteiger partial charge in [0.15, 0.2) is 0 Å². The Bertz CT molecular complexity index is 860. The second kappa shape index (κ2) is 7.86. The maximum atomic E-state index is 12.9. The molecule has 1 aromatic heterocycles. The summed E-state index contributed by atoms with van der Waals surface area (Å²) in [5.74, 6) is -0.200. The Kier molecular flexibility index (Phi) is 5.98. The molecule has 1 aromatic carbocycles. The van der Waals surface area contributed by atoms with Crippen molar-refractivity contribution in [2.45, 2.75) is 47.0 Å². The van der Waals surface area contributed by atoms with Gasteiger partial charge in [0.05, 0.1) is 25.0 Å². The van der Waals surface area contributed by atoms with Crippen LogP contribution in [-0.4, -0.2) is 30.6 Å². The number of amides is 1. The SMILES string of the molecule is CCOC(=O)c1c(C)[nH]c(C(=O)Nc2cc(C(C)(C)C)ccc2OC)c1C. The van der Waals surface area contributed by atoms with Crippen LogP contribution in [-0.2, 0) is 10.2 Å². The molecule has 2 rings (SSSR count). The molecule has 0 bridgehead atoms. The van der Waals surface area contributed by atoms with Crippen LogP contribution in [0.25, 0.3) is 0 Å². The van der Waals surface area contributed by atoms with Crippen molar-refractivity contribution in [3.8, 4) is 5.75 Å². The Morgan fingerprint density at radius 2 is 1.85 bits per heavy atom. The fourth-order valence-electron chi connectivity index (χ4n) is 2.94. The molecule has 0 fully saturated rings. The van der Waals surface area contributed by atoms with Gasteiger partial charge in [-0.2, -0.15) is 0 Å². The highest BCUT2D eigenvalue weighted by atomic mass is 16.5. The summed E-state index contributed by atoms with van der Waals surface area (Å²) in [6, 6.07) is 5.73. The number of methoxy groups -OCH3 is 1. The van der Waals surface area contributed by atoms with Gasteiger partial charge in [0, 0.05) is 5.69 Å². The average molecular weight is 372 g/mol. The first kappa shape index (κ1) is 20.6. The van der Waals surface area contributed by atoms with Gasteiger partial charge >= 0.3 is 5.97 Å². The number of aromatic amines is 1. The van der Waals surface area contributed by atoms with E-state index in [9.17, 15) is 9.59 Å². The highest BCUT2D eigenvalue weighted by Crippen LogP contribution is 2.32. The van der Waals surface area contributed by atoms with Crippen LogP contribution in [0.4, 0.5) is 5.69 Å². The van der Waals surface area contributed by atoms with Gasteiger partial charge in [0.2, 0.25) is 0 Å². The molecule has 146 valence electrons. The molecule has 0 unspecified atom stereocenters. The van der Waals surface area contributed by atoms with Crippen LogP contribution in [0.3, 0.4) is 0 Å². The number of H-pyrrole nitrogens is 1. The third-order valence-corrected chi connectivity index (χ3v) is 4.46. The van der Waals surface area contributed by atoms with Crippen LogP contribution in [0.5, 0.6) is 5.75 Å². The molecule has 27 heavy (non-hydrogen) atoms. The number of benzene rings is 1. The lowest BCUT2D eigenvalue weighted by atomic mass is 9.87. The van der Waals surface area contributed by atoms with E-state index in [4.69, 9.17) is 9.47 Å². The zero-order valence-electron chi connectivity index (χ0n) is 17.1. The molecule has 2 N–H and O–H groups in total. The van der Waals surface area contributed by atoms with Crippen molar-refractivity contribution in [2.24, 2.45) is 0 Å². The first-order valence-corrected chi connectivity index (χ1v) is 8.96. The smallest absolute Gasteiger partial charge is 0.340 e. The molecule has 0 aliphatic heterocycles. The second-order valence-electron chi connectivity index (χ2n) is 7.46. The van der Waals surface area contributed by atoms with Crippen molar-refractivity contribution in [3.63, 3.8) is 0 Å². The van der Waals surface area contributed by atoms with Crippen LogP contribution in [0.15, 0.2) is 18.2 Å². The van der Waals surface area contributed by atoms with E-state index in [1.807, 2.05) is 18.2 Å². The molecule has 0 spiro atoms. The van der Waals surface area contributed by atoms with Crippen LogP contribution in [0.2, 0.25) is 0 Å². The van der Waals surface area contributed by atoms with Gasteiger partial charge in [-0.05, 0) is 49.4 Å². The van der Waals surface area contributed by atoms with Gasteiger partial charge in [0.1, 0.15) is 11.4 Å². The predicted molar refractivity (Wildman–Crippen MR) is 106 cm³/mol. The number of aryl methyl sites for hydroxylation is 1. The van der Waals surface area contributed by atoms with Crippen molar-refractivity contribution >= 4 is 17.6 Å². The standard InChI is InChI=1S/C21H28N2O4/c1-8-27-20(25)17-12(2)18(22-13(17)3)19(24)23-15-11-14(21(4,5)6)9-10-16(15)26-7/h9-11,22H,8H2,1-7H3,(H,23,24). The highest BCUT2D eigenvalue weighted by molar-refractivity contribution is 6.07. The number of carbonyl (C=O) groups is 2. The lowest BCUT2D eigenvalue weighted by Crippen LogP contribution is -2.17. The number of hydrogen-bond donors (Lipinski definition) is 2. The number of esters is 1. The number of ether oxygens (including phenoxy) is 2. The molecule has 0 radical (unpaired) electrons. The van der Waals surface area contributed by atoms with Crippen LogP contribution < -0.4 is 10.1 Å². The van der Waals surface area contributed by atoms with Crippen molar-refractivity contribution in [3.05, 3.63) is 46.3 Å². The Hall–Kier alpha value is -2.76. The van der Waals surface area contributed by atoms with Gasteiger partial charge in [-0.3, -0.25) is 4.79 Å². The van der Waals surface area contributed by atoms with E-state index in [1.165, 1.54) is 0 Å². The van der Waals surface area contributed by atoms with E-state index < -0.39 is 5.97 Å². The van der Waals surface area contributed by atoms with Crippen molar-refractivity contribution in [1.82, 2.24) is 4.98 Å². The summed E-state index contributed by atoms with van der Waals surface area (Å²) in [6.07, 6.45) is 0. The van der Waals surface area contributed by atoms with Gasteiger partial charge in [-0.1, -0.05) is 26.8 Å². The third-order valence-electron chi connectivity index (χ3n) is 4.46. The monoisotopic (exact) mass is 372 g/mol. The number of rotatable bonds is 5. The quantitative estimate of drug-likeness (QED) is 0.764. The average Bonchev–Trinajstić information content (AvgIpc) is 2.88. The van der Waals surface area contributed by atoms with E-state index in [-0.39, 0.29) is 17.9 Å². The molecule has 0 saturated heterocycles. The molecule has 2 aromatic rings. The van der Waals surface area contributed by atoms with Crippen LogP contribution >= 0.6 is 0 Å². The first-order chi connectivity index (χ1) is 12.6. The molecule has 1 heterocycles. The number of anilines is 1. The van der Waals surface area contributed by atoms with Gasteiger partial charge < -0.3 is 19.8 Å². The Morgan fingerprint density at radius 1 is 1.19 bits per heavy atom. The summed E-state index contributed by atoms with van der Waals surface area (Å²) in [6.45, 7) is 11.8. The topological polar surface area (TPSA) is 80.4 Å². The normalized spacial score (nSPS) is 11.2. The summed E-state index contributed by atoms with van der Waals surface area (Å²) < 4.78 is 10.5. The summed E-state index contributed by atoms with van der Waals surface area (Å²) in [4.78, 5) is 28.0. The number of nitrogens with one attached hydrogen (secondary N) is 2. The van der Waals surface area contributed by atoms with Crippen LogP contribution in [0.1, 0.15) is 65.4 Å². The molecule has 0 aliphatic rings. The zero-order chi connectivity index (χ0) is 20.4. The van der Waals surface area contributed by atoms with E-state index in [0.29, 0.717) is 34.0 Å². The Balaban J connectivity index is 2.38. The maximum Gasteiger partial charge on any atom is 0.340 e. The fraction of sp³-hybridized carbons (Fsp3) is 0.429. The van der Waals surface area contributed by atoms with E-state index in [0.717, 1.165) is 5.56 Å². The first-order valence-electron chi connectivity index (χ1n) is 8.96. The van der Waals surface area contributed by atoms with Crippen molar-refractivity contribution in [2.75, 3.05) is 19.0 Å². The third kappa shape index (κ3) is 4.32. The minimum Gasteiger partial charge on any atom is -0.495 e. The summed E-state index contributed by atoms with van der Waals surface area (Å²) in [5, 5.41) is 2.90. The number of hydrogen-bond acceptors (Lipinski definition) is 4. The summed E-state index contributed by atoms with van der Waals surface area (Å²) in [5.41, 5.74) is 3.49. The molecule has 6 nitrogen and oxygen atoms in total. The second-order valence-corrected chi connectivity index (χ2v) is 7.46. The highest BCUT2D eigenvalue weighted by Gasteiger charge is 2.24. The van der Waals surface area contributed by atoms with Gasteiger partial charge in [0.25, 0.3) is 5.91 Å². The lowest BCUT2D eigenvalue weighted by molar-refractivity contribution is 0.0525. The lowest BCUT2D eigenvalue weighted by Gasteiger charge is -2.21. The molecular formula is C21H28N2O4. The fourth-order valence-corrected chi connectivity index (χ4v) is 2.94. The van der Waals surface area contributed by atoms with Gasteiger partial charge in [-0.25, -0.2) is 4.79 Å². The van der Waals surface area contributed by atoms with Gasteiger partial charge in [-0.15, -0.1) is 0 Å². The van der Waals surface area contributed by atoms with E-state index >= 15 is 0 Å². The minimum absolute atomic E-state index is 0.0677. The summed E-state index contributed by atoms with van der Waals surface area (Å²) >= 11 is 0. The Morgan fingerprint density at radius 3 is 2.41 bits per heavy atom. The van der Waals surface area contributed by atoms with Crippen molar-refractivity contribution in [1.29, 1.82) is 0 Å². The largest absolute Gasteiger partial charge is 0.495 e. The molecule has 0 saturated carbocycles. The molecular weight excluding hydrogens is 344 g/mol. The predicted octanol–water partition coefficient (Wildman–Crippen LogP) is 4.37. The summed E-state index contributed by atoms with van der Waals surface area (Å²) in [7, 11) is 1.56. The molecule has 0 aliphatic carbocycles. The zero-order valence-corrected chi connectivity index (χ0v) is 17.1.